The van der Waals surface area contributed by atoms with Crippen molar-refractivity contribution in [3.8, 4) is 5.75 Å². The van der Waals surface area contributed by atoms with E-state index in [0.29, 0.717) is 17.6 Å². The SMILES string of the molecule is CNC1CC(Oc2cccc(C)c2C)C12CCCCCC2. The minimum Gasteiger partial charge on any atom is -0.489 e. The lowest BCUT2D eigenvalue weighted by atomic mass is 9.58. The van der Waals surface area contributed by atoms with Crippen molar-refractivity contribution in [2.45, 2.75) is 70.9 Å². The molecule has 1 N–H and O–H groups in total. The first-order valence-electron chi connectivity index (χ1n) is 8.57. The first-order valence-corrected chi connectivity index (χ1v) is 8.57. The van der Waals surface area contributed by atoms with Crippen LogP contribution in [0.2, 0.25) is 0 Å². The van der Waals surface area contributed by atoms with E-state index in [1.807, 2.05) is 0 Å². The van der Waals surface area contributed by atoms with Crippen molar-refractivity contribution in [3.05, 3.63) is 29.3 Å². The number of ether oxygens (including phenoxy) is 1. The van der Waals surface area contributed by atoms with Crippen LogP contribution in [0.15, 0.2) is 18.2 Å². The molecule has 116 valence electrons. The van der Waals surface area contributed by atoms with Gasteiger partial charge in [0.15, 0.2) is 0 Å². The summed E-state index contributed by atoms with van der Waals surface area (Å²) < 4.78 is 6.50. The summed E-state index contributed by atoms with van der Waals surface area (Å²) in [7, 11) is 2.12. The summed E-state index contributed by atoms with van der Waals surface area (Å²) in [4.78, 5) is 0. The third kappa shape index (κ3) is 2.59. The van der Waals surface area contributed by atoms with Gasteiger partial charge in [-0.05, 0) is 50.9 Å². The first kappa shape index (κ1) is 14.9. The van der Waals surface area contributed by atoms with Crippen molar-refractivity contribution >= 4 is 0 Å². The molecule has 21 heavy (non-hydrogen) atoms. The Hall–Kier alpha value is -1.02. The van der Waals surface area contributed by atoms with E-state index < -0.39 is 0 Å². The number of benzene rings is 1. The lowest BCUT2D eigenvalue weighted by Crippen LogP contribution is -2.64. The van der Waals surface area contributed by atoms with Gasteiger partial charge in [-0.15, -0.1) is 0 Å². The Morgan fingerprint density at radius 2 is 1.81 bits per heavy atom. The maximum atomic E-state index is 6.50. The highest BCUT2D eigenvalue weighted by Crippen LogP contribution is 2.52. The highest BCUT2D eigenvalue weighted by molar-refractivity contribution is 5.38. The minimum absolute atomic E-state index is 0.376. The van der Waals surface area contributed by atoms with Gasteiger partial charge in [-0.2, -0.15) is 0 Å². The van der Waals surface area contributed by atoms with E-state index in [0.717, 1.165) is 12.2 Å². The second-order valence-corrected chi connectivity index (χ2v) is 7.03. The standard InChI is InChI=1S/C19H29NO/c1-14-9-8-10-16(15(14)2)21-18-13-17(20-3)19(18)11-6-4-5-7-12-19/h8-10,17-18,20H,4-7,11-13H2,1-3H3. The Morgan fingerprint density at radius 1 is 1.10 bits per heavy atom. The fraction of sp³-hybridized carbons (Fsp3) is 0.684. The van der Waals surface area contributed by atoms with Crippen molar-refractivity contribution in [3.63, 3.8) is 0 Å². The average Bonchev–Trinajstić information content (AvgIpc) is 2.75. The molecule has 3 rings (SSSR count). The molecule has 2 aliphatic carbocycles. The highest BCUT2D eigenvalue weighted by Gasteiger charge is 2.55. The minimum atomic E-state index is 0.376. The molecule has 2 saturated carbocycles. The van der Waals surface area contributed by atoms with Gasteiger partial charge in [-0.3, -0.25) is 0 Å². The van der Waals surface area contributed by atoms with Crippen molar-refractivity contribution in [1.82, 2.24) is 5.32 Å². The summed E-state index contributed by atoms with van der Waals surface area (Å²) >= 11 is 0. The van der Waals surface area contributed by atoms with Crippen molar-refractivity contribution in [2.75, 3.05) is 7.05 Å². The van der Waals surface area contributed by atoms with Gasteiger partial charge in [0.1, 0.15) is 11.9 Å². The largest absolute Gasteiger partial charge is 0.489 e. The van der Waals surface area contributed by atoms with E-state index >= 15 is 0 Å². The van der Waals surface area contributed by atoms with Gasteiger partial charge in [0.25, 0.3) is 0 Å². The third-order valence-electron chi connectivity index (χ3n) is 5.99. The second-order valence-electron chi connectivity index (χ2n) is 7.03. The van der Waals surface area contributed by atoms with Crippen LogP contribution in [-0.2, 0) is 0 Å². The summed E-state index contributed by atoms with van der Waals surface area (Å²) in [5, 5.41) is 3.55. The van der Waals surface area contributed by atoms with Gasteiger partial charge >= 0.3 is 0 Å². The third-order valence-corrected chi connectivity index (χ3v) is 5.99. The topological polar surface area (TPSA) is 21.3 Å². The van der Waals surface area contributed by atoms with E-state index in [9.17, 15) is 0 Å². The number of nitrogens with one attached hydrogen (secondary N) is 1. The van der Waals surface area contributed by atoms with Gasteiger partial charge in [-0.25, -0.2) is 0 Å². The average molecular weight is 287 g/mol. The predicted molar refractivity (Wildman–Crippen MR) is 87.9 cm³/mol. The Balaban J connectivity index is 1.80. The maximum Gasteiger partial charge on any atom is 0.122 e. The second kappa shape index (κ2) is 6.00. The fourth-order valence-electron chi connectivity index (χ4n) is 4.38. The summed E-state index contributed by atoms with van der Waals surface area (Å²) in [6, 6.07) is 7.07. The van der Waals surface area contributed by atoms with Crippen LogP contribution < -0.4 is 10.1 Å². The van der Waals surface area contributed by atoms with Gasteiger partial charge in [0, 0.05) is 17.9 Å². The van der Waals surface area contributed by atoms with Crippen LogP contribution in [0.3, 0.4) is 0 Å². The lowest BCUT2D eigenvalue weighted by molar-refractivity contribution is -0.0884. The molecule has 0 bridgehead atoms. The molecule has 2 heteroatoms. The molecule has 2 aliphatic rings. The quantitative estimate of drug-likeness (QED) is 0.890. The smallest absolute Gasteiger partial charge is 0.122 e. The van der Waals surface area contributed by atoms with Crippen molar-refractivity contribution in [1.29, 1.82) is 0 Å². The lowest BCUT2D eigenvalue weighted by Gasteiger charge is -2.55. The number of rotatable bonds is 3. The fourth-order valence-corrected chi connectivity index (χ4v) is 4.38. The molecular weight excluding hydrogens is 258 g/mol. The maximum absolute atomic E-state index is 6.50. The van der Waals surface area contributed by atoms with Crippen LogP contribution in [0.4, 0.5) is 0 Å². The number of hydrogen-bond acceptors (Lipinski definition) is 2. The molecule has 0 amide bonds. The molecule has 0 radical (unpaired) electrons. The van der Waals surface area contributed by atoms with Crippen molar-refractivity contribution in [2.24, 2.45) is 5.41 Å². The highest BCUT2D eigenvalue weighted by atomic mass is 16.5. The molecule has 1 spiro atoms. The molecule has 0 aliphatic heterocycles. The summed E-state index contributed by atoms with van der Waals surface area (Å²) in [6.07, 6.45) is 9.73. The van der Waals surface area contributed by atoms with Crippen molar-refractivity contribution < 1.29 is 4.74 Å². The van der Waals surface area contributed by atoms with E-state index in [4.69, 9.17) is 4.74 Å². The van der Waals surface area contributed by atoms with Crippen LogP contribution in [0.25, 0.3) is 0 Å². The molecule has 2 unspecified atom stereocenters. The van der Waals surface area contributed by atoms with E-state index in [1.165, 1.54) is 49.7 Å². The van der Waals surface area contributed by atoms with E-state index in [-0.39, 0.29) is 0 Å². The first-order chi connectivity index (χ1) is 10.2. The molecule has 1 aromatic carbocycles. The summed E-state index contributed by atoms with van der Waals surface area (Å²) in [6.45, 7) is 4.35. The Labute approximate surface area is 129 Å². The zero-order valence-corrected chi connectivity index (χ0v) is 13.7. The Bertz CT molecular complexity index is 488. The monoisotopic (exact) mass is 287 g/mol. The van der Waals surface area contributed by atoms with Gasteiger partial charge in [0.05, 0.1) is 0 Å². The van der Waals surface area contributed by atoms with E-state index in [2.05, 4.69) is 44.4 Å². The summed E-state index contributed by atoms with van der Waals surface area (Å²) in [5.74, 6) is 1.10. The molecule has 2 nitrogen and oxygen atoms in total. The van der Waals surface area contributed by atoms with Gasteiger partial charge < -0.3 is 10.1 Å². The number of hydrogen-bond donors (Lipinski definition) is 1. The van der Waals surface area contributed by atoms with Crippen LogP contribution in [0, 0.1) is 19.3 Å². The van der Waals surface area contributed by atoms with Crippen LogP contribution >= 0.6 is 0 Å². The zero-order chi connectivity index (χ0) is 14.9. The molecule has 0 aromatic heterocycles. The molecule has 0 heterocycles. The molecule has 0 saturated heterocycles. The van der Waals surface area contributed by atoms with E-state index in [1.54, 1.807) is 0 Å². The molecule has 2 atom stereocenters. The molecule has 2 fully saturated rings. The molecule has 1 aromatic rings. The van der Waals surface area contributed by atoms with Crippen LogP contribution in [-0.4, -0.2) is 19.2 Å². The predicted octanol–water partition coefficient (Wildman–Crippen LogP) is 4.38. The zero-order valence-electron chi connectivity index (χ0n) is 13.7. The van der Waals surface area contributed by atoms with Gasteiger partial charge in [0.2, 0.25) is 0 Å². The molecular formula is C19H29NO. The normalized spacial score (nSPS) is 28.0. The van der Waals surface area contributed by atoms with Gasteiger partial charge in [-0.1, -0.05) is 37.8 Å². The summed E-state index contributed by atoms with van der Waals surface area (Å²) in [5.41, 5.74) is 3.00. The van der Waals surface area contributed by atoms with Crippen LogP contribution in [0.1, 0.15) is 56.1 Å². The number of aryl methyl sites for hydroxylation is 1. The van der Waals surface area contributed by atoms with Crippen LogP contribution in [0.5, 0.6) is 5.75 Å². The Morgan fingerprint density at radius 3 is 2.48 bits per heavy atom. The Kier molecular flexibility index (Phi) is 4.26.